The molecule has 0 fully saturated rings. The van der Waals surface area contributed by atoms with Crippen molar-refractivity contribution in [3.8, 4) is 11.5 Å². The summed E-state index contributed by atoms with van der Waals surface area (Å²) in [7, 11) is 0. The first-order valence-electron chi connectivity index (χ1n) is 9.78. The number of halogens is 2. The molecule has 7 heteroatoms. The molecule has 5 nitrogen and oxygen atoms in total. The lowest BCUT2D eigenvalue weighted by molar-refractivity contribution is 0.0696. The van der Waals surface area contributed by atoms with Crippen LogP contribution in [0.25, 0.3) is 0 Å². The van der Waals surface area contributed by atoms with Crippen LogP contribution >= 0.6 is 23.2 Å². The molecule has 2 N–H and O–H groups in total. The fourth-order valence-corrected chi connectivity index (χ4v) is 3.53. The molecule has 3 aromatic rings. The zero-order valence-corrected chi connectivity index (χ0v) is 18.8. The van der Waals surface area contributed by atoms with Crippen LogP contribution in [-0.2, 0) is 13.2 Å². The minimum atomic E-state index is -0.954. The van der Waals surface area contributed by atoms with Gasteiger partial charge in [0.15, 0.2) is 11.5 Å². The van der Waals surface area contributed by atoms with Crippen molar-refractivity contribution in [2.45, 2.75) is 27.0 Å². The average molecular weight is 460 g/mol. The molecule has 0 unspecified atom stereocenters. The van der Waals surface area contributed by atoms with Gasteiger partial charge in [0, 0.05) is 17.3 Å². The van der Waals surface area contributed by atoms with E-state index in [0.29, 0.717) is 46.9 Å². The van der Waals surface area contributed by atoms with E-state index in [0.717, 1.165) is 16.8 Å². The first-order chi connectivity index (χ1) is 14.9. The van der Waals surface area contributed by atoms with Crippen molar-refractivity contribution in [2.24, 2.45) is 0 Å². The number of nitrogens with one attached hydrogen (secondary N) is 1. The van der Waals surface area contributed by atoms with Gasteiger partial charge in [-0.1, -0.05) is 41.4 Å². The predicted octanol–water partition coefficient (Wildman–Crippen LogP) is 6.59. The fraction of sp³-hybridized carbons (Fsp3) is 0.208. The third-order valence-electron chi connectivity index (χ3n) is 4.71. The molecule has 0 spiro atoms. The van der Waals surface area contributed by atoms with Crippen LogP contribution in [0.2, 0.25) is 10.0 Å². The van der Waals surface area contributed by atoms with Gasteiger partial charge in [-0.15, -0.1) is 0 Å². The SMILES string of the molecule is CCOc1cc(CNc2cccc(C(=O)O)c2C)cc(Cl)c1OCc1ccc(Cl)cc1. The normalized spacial score (nSPS) is 10.6. The van der Waals surface area contributed by atoms with Crippen LogP contribution in [0.4, 0.5) is 5.69 Å². The summed E-state index contributed by atoms with van der Waals surface area (Å²) >= 11 is 12.4. The molecule has 0 saturated carbocycles. The number of carboxylic acid groups (broad SMARTS) is 1. The highest BCUT2D eigenvalue weighted by molar-refractivity contribution is 6.32. The fourth-order valence-electron chi connectivity index (χ4n) is 3.12. The molecule has 31 heavy (non-hydrogen) atoms. The van der Waals surface area contributed by atoms with Crippen molar-refractivity contribution in [1.29, 1.82) is 0 Å². The van der Waals surface area contributed by atoms with Crippen LogP contribution in [0.15, 0.2) is 54.6 Å². The minimum Gasteiger partial charge on any atom is -0.490 e. The maximum absolute atomic E-state index is 11.3. The number of benzene rings is 3. The second-order valence-electron chi connectivity index (χ2n) is 6.89. The van der Waals surface area contributed by atoms with Gasteiger partial charge >= 0.3 is 5.97 Å². The maximum Gasteiger partial charge on any atom is 0.336 e. The third kappa shape index (κ3) is 5.84. The van der Waals surface area contributed by atoms with Crippen LogP contribution in [0.3, 0.4) is 0 Å². The van der Waals surface area contributed by atoms with Gasteiger partial charge in [-0.3, -0.25) is 0 Å². The van der Waals surface area contributed by atoms with Crippen LogP contribution in [0, 0.1) is 6.92 Å². The van der Waals surface area contributed by atoms with Crippen molar-refractivity contribution in [2.75, 3.05) is 11.9 Å². The van der Waals surface area contributed by atoms with Crippen LogP contribution in [0.5, 0.6) is 11.5 Å². The number of hydrogen-bond donors (Lipinski definition) is 2. The van der Waals surface area contributed by atoms with Crippen molar-refractivity contribution in [3.63, 3.8) is 0 Å². The molecule has 0 radical (unpaired) electrons. The highest BCUT2D eigenvalue weighted by atomic mass is 35.5. The summed E-state index contributed by atoms with van der Waals surface area (Å²) in [4.78, 5) is 11.3. The Morgan fingerprint density at radius 1 is 1.03 bits per heavy atom. The number of hydrogen-bond acceptors (Lipinski definition) is 4. The van der Waals surface area contributed by atoms with E-state index in [-0.39, 0.29) is 5.56 Å². The van der Waals surface area contributed by atoms with Crippen molar-refractivity contribution in [1.82, 2.24) is 0 Å². The lowest BCUT2D eigenvalue weighted by Crippen LogP contribution is -2.07. The first kappa shape index (κ1) is 22.8. The molecule has 0 saturated heterocycles. The standard InChI is InChI=1S/C24H23Cl2NO4/c1-3-30-22-12-17(13-27-21-6-4-5-19(15(21)2)24(28)29)11-20(26)23(22)31-14-16-7-9-18(25)10-8-16/h4-12,27H,3,13-14H2,1-2H3,(H,28,29). The van der Waals surface area contributed by atoms with Gasteiger partial charge in [0.25, 0.3) is 0 Å². The Morgan fingerprint density at radius 2 is 1.77 bits per heavy atom. The van der Waals surface area contributed by atoms with E-state index in [1.54, 1.807) is 31.2 Å². The smallest absolute Gasteiger partial charge is 0.336 e. The molecule has 0 aliphatic rings. The zero-order valence-electron chi connectivity index (χ0n) is 17.2. The van der Waals surface area contributed by atoms with E-state index in [1.165, 1.54) is 0 Å². The molecule has 0 aliphatic carbocycles. The zero-order chi connectivity index (χ0) is 22.4. The molecule has 3 aromatic carbocycles. The molecule has 0 aliphatic heterocycles. The number of ether oxygens (including phenoxy) is 2. The summed E-state index contributed by atoms with van der Waals surface area (Å²) in [6, 6.07) is 16.2. The van der Waals surface area contributed by atoms with E-state index < -0.39 is 5.97 Å². The molecule has 0 bridgehead atoms. The number of carbonyl (C=O) groups is 1. The van der Waals surface area contributed by atoms with E-state index in [1.807, 2.05) is 37.3 Å². The second kappa shape index (κ2) is 10.4. The molecular formula is C24H23Cl2NO4. The Kier molecular flexibility index (Phi) is 7.66. The Labute approximate surface area is 191 Å². The molecular weight excluding hydrogens is 437 g/mol. The van der Waals surface area contributed by atoms with E-state index in [4.69, 9.17) is 32.7 Å². The van der Waals surface area contributed by atoms with Gasteiger partial charge in [0.2, 0.25) is 0 Å². The van der Waals surface area contributed by atoms with Gasteiger partial charge in [0.05, 0.1) is 17.2 Å². The van der Waals surface area contributed by atoms with Crippen LogP contribution in [-0.4, -0.2) is 17.7 Å². The van der Waals surface area contributed by atoms with Crippen molar-refractivity contribution < 1.29 is 19.4 Å². The second-order valence-corrected chi connectivity index (χ2v) is 7.73. The van der Waals surface area contributed by atoms with Gasteiger partial charge in [-0.25, -0.2) is 4.79 Å². The number of carboxylic acids is 1. The van der Waals surface area contributed by atoms with E-state index in [9.17, 15) is 9.90 Å². The Hall–Kier alpha value is -2.89. The van der Waals surface area contributed by atoms with E-state index >= 15 is 0 Å². The van der Waals surface area contributed by atoms with Gasteiger partial charge < -0.3 is 19.9 Å². The molecule has 0 aromatic heterocycles. The first-order valence-corrected chi connectivity index (χ1v) is 10.5. The number of aromatic carboxylic acids is 1. The summed E-state index contributed by atoms with van der Waals surface area (Å²) in [5.74, 6) is 0.0769. The topological polar surface area (TPSA) is 67.8 Å². The Morgan fingerprint density at radius 3 is 2.45 bits per heavy atom. The van der Waals surface area contributed by atoms with Gasteiger partial charge in [-0.05, 0) is 66.9 Å². The summed E-state index contributed by atoms with van der Waals surface area (Å²) in [5, 5.41) is 13.7. The summed E-state index contributed by atoms with van der Waals surface area (Å²) in [6.45, 7) is 4.90. The lowest BCUT2D eigenvalue weighted by Gasteiger charge is -2.17. The molecule has 0 heterocycles. The highest BCUT2D eigenvalue weighted by Gasteiger charge is 2.14. The highest BCUT2D eigenvalue weighted by Crippen LogP contribution is 2.37. The molecule has 162 valence electrons. The van der Waals surface area contributed by atoms with Crippen LogP contribution < -0.4 is 14.8 Å². The monoisotopic (exact) mass is 459 g/mol. The van der Waals surface area contributed by atoms with Crippen molar-refractivity contribution >= 4 is 34.9 Å². The summed E-state index contributed by atoms with van der Waals surface area (Å²) < 4.78 is 11.7. The van der Waals surface area contributed by atoms with Crippen molar-refractivity contribution in [3.05, 3.63) is 86.9 Å². The minimum absolute atomic E-state index is 0.268. The lowest BCUT2D eigenvalue weighted by atomic mass is 10.1. The maximum atomic E-state index is 11.3. The van der Waals surface area contributed by atoms with Crippen LogP contribution in [0.1, 0.15) is 34.0 Å². The predicted molar refractivity (Wildman–Crippen MR) is 124 cm³/mol. The van der Waals surface area contributed by atoms with E-state index in [2.05, 4.69) is 5.32 Å². The van der Waals surface area contributed by atoms with Gasteiger partial charge in [0.1, 0.15) is 6.61 Å². The third-order valence-corrected chi connectivity index (χ3v) is 5.25. The Balaban J connectivity index is 1.77. The summed E-state index contributed by atoms with van der Waals surface area (Å²) in [6.07, 6.45) is 0. The summed E-state index contributed by atoms with van der Waals surface area (Å²) in [5.41, 5.74) is 3.53. The average Bonchev–Trinajstić information content (AvgIpc) is 2.73. The number of rotatable bonds is 9. The number of anilines is 1. The molecule has 3 rings (SSSR count). The molecule has 0 atom stereocenters. The largest absolute Gasteiger partial charge is 0.490 e. The quantitative estimate of drug-likeness (QED) is 0.377. The van der Waals surface area contributed by atoms with Gasteiger partial charge in [-0.2, -0.15) is 0 Å². The Bertz CT molecular complexity index is 1070. The molecule has 0 amide bonds.